The molecule has 0 aliphatic rings. The monoisotopic (exact) mass is 276 g/mol. The second-order valence-corrected chi connectivity index (χ2v) is 4.39. The number of anilines is 1. The highest BCUT2D eigenvalue weighted by Gasteiger charge is 2.16. The molecule has 1 atom stereocenters. The molecule has 1 aromatic carbocycles. The van der Waals surface area contributed by atoms with Crippen LogP contribution in [0.4, 0.5) is 11.4 Å². The lowest BCUT2D eigenvalue weighted by molar-refractivity contribution is -0.385. The molecule has 0 bridgehead atoms. The predicted octanol–water partition coefficient (Wildman–Crippen LogP) is 2.51. The number of nitrogens with zero attached hydrogens (tertiary/aromatic N) is 3. The summed E-state index contributed by atoms with van der Waals surface area (Å²) in [6.07, 6.45) is 1.71. The lowest BCUT2D eigenvalue weighted by Gasteiger charge is -2.15. The van der Waals surface area contributed by atoms with E-state index in [1.165, 1.54) is 13.2 Å². The molecular formula is C13H16N4O3. The summed E-state index contributed by atoms with van der Waals surface area (Å²) in [6.45, 7) is 1.97. The van der Waals surface area contributed by atoms with Gasteiger partial charge in [-0.05, 0) is 25.1 Å². The number of ether oxygens (including phenoxy) is 1. The van der Waals surface area contributed by atoms with Gasteiger partial charge in [0, 0.05) is 25.0 Å². The first-order valence-electron chi connectivity index (χ1n) is 6.09. The highest BCUT2D eigenvalue weighted by molar-refractivity contribution is 5.59. The van der Waals surface area contributed by atoms with Crippen LogP contribution in [0.15, 0.2) is 30.5 Å². The molecule has 0 spiro atoms. The summed E-state index contributed by atoms with van der Waals surface area (Å²) in [7, 11) is 3.26. The molecule has 1 aromatic heterocycles. The van der Waals surface area contributed by atoms with Gasteiger partial charge in [-0.1, -0.05) is 0 Å². The summed E-state index contributed by atoms with van der Waals surface area (Å²) in [5.74, 6) is 0.244. The highest BCUT2D eigenvalue weighted by Crippen LogP contribution is 2.31. The Morgan fingerprint density at radius 1 is 1.45 bits per heavy atom. The average Bonchev–Trinajstić information content (AvgIpc) is 2.85. The van der Waals surface area contributed by atoms with Gasteiger partial charge in [0.25, 0.3) is 0 Å². The molecule has 20 heavy (non-hydrogen) atoms. The van der Waals surface area contributed by atoms with Crippen molar-refractivity contribution >= 4 is 11.4 Å². The van der Waals surface area contributed by atoms with Crippen LogP contribution in [-0.2, 0) is 7.05 Å². The summed E-state index contributed by atoms with van der Waals surface area (Å²) >= 11 is 0. The van der Waals surface area contributed by atoms with E-state index in [1.54, 1.807) is 23.0 Å². The maximum absolute atomic E-state index is 11.0. The SMILES string of the molecule is COc1ccc(NC(C)c2ccnn2C)cc1[N+](=O)[O-]. The average molecular weight is 276 g/mol. The molecule has 0 saturated carbocycles. The highest BCUT2D eigenvalue weighted by atomic mass is 16.6. The quantitative estimate of drug-likeness (QED) is 0.670. The maximum Gasteiger partial charge on any atom is 0.312 e. The number of nitro benzene ring substituents is 1. The Kier molecular flexibility index (Phi) is 3.88. The number of aryl methyl sites for hydroxylation is 1. The zero-order valence-electron chi connectivity index (χ0n) is 11.5. The third-order valence-electron chi connectivity index (χ3n) is 3.06. The van der Waals surface area contributed by atoms with Crippen LogP contribution in [0.25, 0.3) is 0 Å². The Balaban J connectivity index is 2.24. The van der Waals surface area contributed by atoms with Crippen LogP contribution in [0.1, 0.15) is 18.7 Å². The van der Waals surface area contributed by atoms with Gasteiger partial charge >= 0.3 is 5.69 Å². The topological polar surface area (TPSA) is 82.2 Å². The normalized spacial score (nSPS) is 11.9. The summed E-state index contributed by atoms with van der Waals surface area (Å²) in [4.78, 5) is 10.5. The lowest BCUT2D eigenvalue weighted by Crippen LogP contribution is -2.11. The van der Waals surface area contributed by atoms with E-state index in [-0.39, 0.29) is 17.5 Å². The third-order valence-corrected chi connectivity index (χ3v) is 3.06. The van der Waals surface area contributed by atoms with Crippen LogP contribution in [0, 0.1) is 10.1 Å². The number of hydrogen-bond donors (Lipinski definition) is 1. The van der Waals surface area contributed by atoms with Crippen LogP contribution >= 0.6 is 0 Å². The molecule has 0 radical (unpaired) electrons. The van der Waals surface area contributed by atoms with Gasteiger partial charge in [-0.25, -0.2) is 0 Å². The first-order valence-corrected chi connectivity index (χ1v) is 6.09. The van der Waals surface area contributed by atoms with Crippen molar-refractivity contribution in [2.45, 2.75) is 13.0 Å². The minimum atomic E-state index is -0.460. The molecule has 0 aliphatic heterocycles. The fourth-order valence-electron chi connectivity index (χ4n) is 2.06. The van der Waals surface area contributed by atoms with Gasteiger partial charge in [0.15, 0.2) is 5.75 Å². The Hall–Kier alpha value is -2.57. The molecule has 7 heteroatoms. The van der Waals surface area contributed by atoms with Crippen molar-refractivity contribution in [2.75, 3.05) is 12.4 Å². The van der Waals surface area contributed by atoms with E-state index in [1.807, 2.05) is 20.0 Å². The summed E-state index contributed by atoms with van der Waals surface area (Å²) in [5.41, 5.74) is 1.59. The molecule has 1 heterocycles. The van der Waals surface area contributed by atoms with Gasteiger partial charge in [-0.15, -0.1) is 0 Å². The fourth-order valence-corrected chi connectivity index (χ4v) is 2.06. The molecule has 0 fully saturated rings. The fraction of sp³-hybridized carbons (Fsp3) is 0.308. The van der Waals surface area contributed by atoms with Crippen LogP contribution in [0.2, 0.25) is 0 Å². The van der Waals surface area contributed by atoms with E-state index in [0.717, 1.165) is 5.69 Å². The smallest absolute Gasteiger partial charge is 0.312 e. The van der Waals surface area contributed by atoms with Gasteiger partial charge in [0.05, 0.1) is 23.8 Å². The van der Waals surface area contributed by atoms with Crippen LogP contribution in [0.3, 0.4) is 0 Å². The van der Waals surface area contributed by atoms with Gasteiger partial charge in [-0.3, -0.25) is 14.8 Å². The summed E-state index contributed by atoms with van der Waals surface area (Å²) in [5, 5.41) is 18.3. The number of benzene rings is 1. The summed E-state index contributed by atoms with van der Waals surface area (Å²) < 4.78 is 6.73. The Morgan fingerprint density at radius 3 is 2.75 bits per heavy atom. The number of hydrogen-bond acceptors (Lipinski definition) is 5. The zero-order valence-corrected chi connectivity index (χ0v) is 11.5. The Labute approximate surface area is 116 Å². The molecule has 2 rings (SSSR count). The van der Waals surface area contributed by atoms with Crippen molar-refractivity contribution in [1.29, 1.82) is 0 Å². The Bertz CT molecular complexity index is 624. The maximum atomic E-state index is 11.0. The zero-order chi connectivity index (χ0) is 14.7. The van der Waals surface area contributed by atoms with E-state index in [9.17, 15) is 10.1 Å². The third kappa shape index (κ3) is 2.71. The van der Waals surface area contributed by atoms with Crippen molar-refractivity contribution < 1.29 is 9.66 Å². The first kappa shape index (κ1) is 13.9. The van der Waals surface area contributed by atoms with Crippen LogP contribution in [0.5, 0.6) is 5.75 Å². The van der Waals surface area contributed by atoms with Crippen molar-refractivity contribution in [3.8, 4) is 5.75 Å². The second kappa shape index (κ2) is 5.60. The van der Waals surface area contributed by atoms with Gasteiger partial charge in [0.1, 0.15) is 0 Å². The number of nitrogens with one attached hydrogen (secondary N) is 1. The van der Waals surface area contributed by atoms with E-state index in [4.69, 9.17) is 4.74 Å². The van der Waals surface area contributed by atoms with Crippen molar-refractivity contribution in [1.82, 2.24) is 9.78 Å². The number of rotatable bonds is 5. The first-order chi connectivity index (χ1) is 9.52. The van der Waals surface area contributed by atoms with Crippen LogP contribution < -0.4 is 10.1 Å². The van der Waals surface area contributed by atoms with E-state index >= 15 is 0 Å². The molecule has 106 valence electrons. The van der Waals surface area contributed by atoms with Crippen LogP contribution in [-0.4, -0.2) is 21.8 Å². The molecule has 7 nitrogen and oxygen atoms in total. The Morgan fingerprint density at radius 2 is 2.20 bits per heavy atom. The largest absolute Gasteiger partial charge is 0.490 e. The predicted molar refractivity (Wildman–Crippen MR) is 74.9 cm³/mol. The molecular weight excluding hydrogens is 260 g/mol. The van der Waals surface area contributed by atoms with Gasteiger partial charge in [0.2, 0.25) is 0 Å². The van der Waals surface area contributed by atoms with E-state index in [0.29, 0.717) is 5.69 Å². The molecule has 1 unspecified atom stereocenters. The van der Waals surface area contributed by atoms with Gasteiger partial charge in [-0.2, -0.15) is 5.10 Å². The molecule has 2 aromatic rings. The molecule has 0 amide bonds. The number of nitro groups is 1. The number of methoxy groups -OCH3 is 1. The van der Waals surface area contributed by atoms with Crippen molar-refractivity contribution in [3.05, 3.63) is 46.3 Å². The lowest BCUT2D eigenvalue weighted by atomic mass is 10.2. The minimum absolute atomic E-state index is 0.0181. The summed E-state index contributed by atoms with van der Waals surface area (Å²) in [6, 6.07) is 6.67. The molecule has 0 aliphatic carbocycles. The standard InChI is InChI=1S/C13H16N4O3/c1-9(11-6-7-14-16(11)2)15-10-4-5-13(20-3)12(8-10)17(18)19/h4-9,15H,1-3H3. The van der Waals surface area contributed by atoms with Crippen molar-refractivity contribution in [2.24, 2.45) is 7.05 Å². The molecule has 0 saturated heterocycles. The minimum Gasteiger partial charge on any atom is -0.490 e. The van der Waals surface area contributed by atoms with E-state index in [2.05, 4.69) is 10.4 Å². The number of aromatic nitrogens is 2. The second-order valence-electron chi connectivity index (χ2n) is 4.39. The van der Waals surface area contributed by atoms with Gasteiger partial charge < -0.3 is 10.1 Å². The van der Waals surface area contributed by atoms with Crippen molar-refractivity contribution in [3.63, 3.8) is 0 Å². The van der Waals surface area contributed by atoms with E-state index < -0.39 is 4.92 Å². The molecule has 1 N–H and O–H groups in total.